The molecule has 0 atom stereocenters. The van der Waals surface area contributed by atoms with Crippen LogP contribution in [0.3, 0.4) is 0 Å². The number of nitrogens with zero attached hydrogens (tertiary/aromatic N) is 2. The van der Waals surface area contributed by atoms with E-state index < -0.39 is 0 Å². The second kappa shape index (κ2) is 10.2. The molecule has 0 aliphatic heterocycles. The first kappa shape index (κ1) is 19.5. The number of thioether (sulfide) groups is 1. The van der Waals surface area contributed by atoms with Gasteiger partial charge in [-0.25, -0.2) is 0 Å². The van der Waals surface area contributed by atoms with Gasteiger partial charge in [-0.2, -0.15) is 0 Å². The zero-order valence-corrected chi connectivity index (χ0v) is 16.4. The van der Waals surface area contributed by atoms with Crippen molar-refractivity contribution >= 4 is 34.1 Å². The van der Waals surface area contributed by atoms with Crippen molar-refractivity contribution in [3.63, 3.8) is 0 Å². The molecule has 0 fully saturated rings. The Bertz CT molecular complexity index is 676. The van der Waals surface area contributed by atoms with E-state index in [0.29, 0.717) is 18.2 Å². The Hall–Kier alpha value is -1.80. The molecule has 2 aromatic rings. The Morgan fingerprint density at radius 2 is 2.12 bits per heavy atom. The number of anilines is 1. The number of nitrogens with one attached hydrogen (secondary N) is 2. The molecule has 6 nitrogen and oxygen atoms in total. The van der Waals surface area contributed by atoms with Gasteiger partial charge in [0.1, 0.15) is 5.75 Å². The third-order valence-electron chi connectivity index (χ3n) is 3.30. The quantitative estimate of drug-likeness (QED) is 0.617. The fourth-order valence-electron chi connectivity index (χ4n) is 2.06. The minimum Gasteiger partial charge on any atom is -0.496 e. The number of aromatic nitrogens is 2. The molecule has 2 rings (SSSR count). The second-order valence-electron chi connectivity index (χ2n) is 5.85. The molecule has 2 N–H and O–H groups in total. The summed E-state index contributed by atoms with van der Waals surface area (Å²) in [4.78, 5) is 12.0. The molecule has 8 heteroatoms. The molecule has 0 saturated carbocycles. The van der Waals surface area contributed by atoms with E-state index in [-0.39, 0.29) is 5.91 Å². The summed E-state index contributed by atoms with van der Waals surface area (Å²) in [5.41, 5.74) is 1.09. The summed E-state index contributed by atoms with van der Waals surface area (Å²) < 4.78 is 6.11. The first-order chi connectivity index (χ1) is 12.1. The van der Waals surface area contributed by atoms with Crippen LogP contribution >= 0.6 is 23.1 Å². The average Bonchev–Trinajstić information content (AvgIpc) is 3.06. The summed E-state index contributed by atoms with van der Waals surface area (Å²) in [7, 11) is 1.65. The SMILES string of the molecule is COc1ccccc1CCNC(=O)CSc1nnc(NCC(C)C)s1. The van der Waals surface area contributed by atoms with Crippen molar-refractivity contribution in [3.05, 3.63) is 29.8 Å². The van der Waals surface area contributed by atoms with E-state index in [4.69, 9.17) is 4.74 Å². The van der Waals surface area contributed by atoms with Crippen LogP contribution in [0, 0.1) is 5.92 Å². The molecular formula is C17H24N4O2S2. The van der Waals surface area contributed by atoms with E-state index in [2.05, 4.69) is 34.7 Å². The molecule has 1 heterocycles. The molecule has 0 radical (unpaired) electrons. The van der Waals surface area contributed by atoms with Crippen molar-refractivity contribution < 1.29 is 9.53 Å². The van der Waals surface area contributed by atoms with Gasteiger partial charge in [0.15, 0.2) is 4.34 Å². The number of carbonyl (C=O) groups excluding carboxylic acids is 1. The highest BCUT2D eigenvalue weighted by atomic mass is 32.2. The Balaban J connectivity index is 1.69. The number of rotatable bonds is 10. The van der Waals surface area contributed by atoms with Crippen molar-refractivity contribution in [2.75, 3.05) is 31.3 Å². The fourth-order valence-corrected chi connectivity index (χ4v) is 3.64. The average molecular weight is 381 g/mol. The molecular weight excluding hydrogens is 356 g/mol. The van der Waals surface area contributed by atoms with E-state index in [1.807, 2.05) is 24.3 Å². The van der Waals surface area contributed by atoms with E-state index in [1.54, 1.807) is 7.11 Å². The first-order valence-electron chi connectivity index (χ1n) is 8.17. The van der Waals surface area contributed by atoms with E-state index in [0.717, 1.165) is 33.7 Å². The van der Waals surface area contributed by atoms with Crippen molar-refractivity contribution in [3.8, 4) is 5.75 Å². The van der Waals surface area contributed by atoms with Gasteiger partial charge in [0.2, 0.25) is 11.0 Å². The van der Waals surface area contributed by atoms with Gasteiger partial charge >= 0.3 is 0 Å². The number of hydrogen-bond donors (Lipinski definition) is 2. The number of carbonyl (C=O) groups is 1. The predicted octanol–water partition coefficient (Wildman–Crippen LogP) is 3.07. The lowest BCUT2D eigenvalue weighted by atomic mass is 10.1. The fraction of sp³-hybridized carbons (Fsp3) is 0.471. The maximum absolute atomic E-state index is 12.0. The molecule has 0 saturated heterocycles. The van der Waals surface area contributed by atoms with Crippen LogP contribution in [0.4, 0.5) is 5.13 Å². The van der Waals surface area contributed by atoms with E-state index >= 15 is 0 Å². The van der Waals surface area contributed by atoms with E-state index in [1.165, 1.54) is 23.1 Å². The van der Waals surface area contributed by atoms with Crippen LogP contribution in [0.15, 0.2) is 28.6 Å². The smallest absolute Gasteiger partial charge is 0.230 e. The Labute approximate surface area is 156 Å². The second-order valence-corrected chi connectivity index (χ2v) is 8.05. The molecule has 136 valence electrons. The van der Waals surface area contributed by atoms with Gasteiger partial charge in [0.05, 0.1) is 12.9 Å². The minimum absolute atomic E-state index is 0.00760. The number of benzene rings is 1. The lowest BCUT2D eigenvalue weighted by molar-refractivity contribution is -0.118. The molecule has 1 aromatic carbocycles. The van der Waals surface area contributed by atoms with Crippen molar-refractivity contribution in [1.82, 2.24) is 15.5 Å². The third kappa shape index (κ3) is 6.91. The highest BCUT2D eigenvalue weighted by Crippen LogP contribution is 2.25. The van der Waals surface area contributed by atoms with Gasteiger partial charge in [-0.05, 0) is 24.0 Å². The lowest BCUT2D eigenvalue weighted by Crippen LogP contribution is -2.27. The zero-order chi connectivity index (χ0) is 18.1. The maximum Gasteiger partial charge on any atom is 0.230 e. The number of hydrogen-bond acceptors (Lipinski definition) is 7. The summed E-state index contributed by atoms with van der Waals surface area (Å²) in [6, 6.07) is 7.83. The van der Waals surface area contributed by atoms with Crippen molar-refractivity contribution in [1.29, 1.82) is 0 Å². The summed E-state index contributed by atoms with van der Waals surface area (Å²) >= 11 is 2.88. The standard InChI is InChI=1S/C17H24N4O2S2/c1-12(2)10-19-16-20-21-17(25-16)24-11-15(22)18-9-8-13-6-4-5-7-14(13)23-3/h4-7,12H,8-11H2,1-3H3,(H,18,22)(H,19,20). The molecule has 0 unspecified atom stereocenters. The van der Waals surface area contributed by atoms with Crippen LogP contribution in [0.2, 0.25) is 0 Å². The highest BCUT2D eigenvalue weighted by Gasteiger charge is 2.09. The van der Waals surface area contributed by atoms with Crippen LogP contribution in [-0.4, -0.2) is 42.1 Å². The number of amides is 1. The minimum atomic E-state index is -0.00760. The zero-order valence-electron chi connectivity index (χ0n) is 14.7. The largest absolute Gasteiger partial charge is 0.496 e. The van der Waals surface area contributed by atoms with Crippen LogP contribution in [0.25, 0.3) is 0 Å². The van der Waals surface area contributed by atoms with Gasteiger partial charge in [-0.15, -0.1) is 10.2 Å². The van der Waals surface area contributed by atoms with Crippen molar-refractivity contribution in [2.45, 2.75) is 24.6 Å². The molecule has 25 heavy (non-hydrogen) atoms. The number of ether oxygens (including phenoxy) is 1. The van der Waals surface area contributed by atoms with Gasteiger partial charge in [-0.1, -0.05) is 55.1 Å². The summed E-state index contributed by atoms with van der Waals surface area (Å²) in [6.45, 7) is 5.72. The molecule has 0 spiro atoms. The van der Waals surface area contributed by atoms with Crippen LogP contribution in [-0.2, 0) is 11.2 Å². The monoisotopic (exact) mass is 380 g/mol. The van der Waals surface area contributed by atoms with Gasteiger partial charge < -0.3 is 15.4 Å². The van der Waals surface area contributed by atoms with Gasteiger partial charge in [0, 0.05) is 13.1 Å². The third-order valence-corrected chi connectivity index (χ3v) is 5.32. The summed E-state index contributed by atoms with van der Waals surface area (Å²) in [6.07, 6.45) is 0.739. The van der Waals surface area contributed by atoms with Crippen LogP contribution in [0.1, 0.15) is 19.4 Å². The molecule has 0 aliphatic rings. The Morgan fingerprint density at radius 3 is 2.88 bits per heavy atom. The molecule has 0 bridgehead atoms. The number of para-hydroxylation sites is 1. The Kier molecular flexibility index (Phi) is 8.00. The Morgan fingerprint density at radius 1 is 1.32 bits per heavy atom. The highest BCUT2D eigenvalue weighted by molar-refractivity contribution is 8.01. The maximum atomic E-state index is 12.0. The summed E-state index contributed by atoms with van der Waals surface area (Å²) in [5, 5.41) is 15.1. The normalized spacial score (nSPS) is 10.7. The van der Waals surface area contributed by atoms with E-state index in [9.17, 15) is 4.79 Å². The topological polar surface area (TPSA) is 76.1 Å². The predicted molar refractivity (Wildman–Crippen MR) is 104 cm³/mol. The summed E-state index contributed by atoms with van der Waals surface area (Å²) in [5.74, 6) is 1.73. The lowest BCUT2D eigenvalue weighted by Gasteiger charge is -2.08. The van der Waals surface area contributed by atoms with Gasteiger partial charge in [0.25, 0.3) is 0 Å². The number of methoxy groups -OCH3 is 1. The molecule has 1 aromatic heterocycles. The van der Waals surface area contributed by atoms with Crippen LogP contribution < -0.4 is 15.4 Å². The molecule has 1 amide bonds. The molecule has 0 aliphatic carbocycles. The van der Waals surface area contributed by atoms with Crippen molar-refractivity contribution in [2.24, 2.45) is 5.92 Å². The first-order valence-corrected chi connectivity index (χ1v) is 9.97. The van der Waals surface area contributed by atoms with Crippen LogP contribution in [0.5, 0.6) is 5.75 Å². The van der Waals surface area contributed by atoms with Gasteiger partial charge in [-0.3, -0.25) is 4.79 Å².